The zero-order valence-corrected chi connectivity index (χ0v) is 14.0. The van der Waals surface area contributed by atoms with Gasteiger partial charge in [-0.25, -0.2) is 4.79 Å². The molecule has 5 nitrogen and oxygen atoms in total. The van der Waals surface area contributed by atoms with Gasteiger partial charge in [-0.2, -0.15) is 0 Å². The fourth-order valence-corrected chi connectivity index (χ4v) is 3.07. The van der Waals surface area contributed by atoms with Gasteiger partial charge >= 0.3 is 6.09 Å². The molecule has 1 saturated carbocycles. The molecule has 0 aliphatic heterocycles. The largest absolute Gasteiger partial charge is 0.453 e. The van der Waals surface area contributed by atoms with E-state index in [1.807, 2.05) is 13.8 Å². The van der Waals surface area contributed by atoms with Crippen LogP contribution in [0.2, 0.25) is 0 Å². The van der Waals surface area contributed by atoms with Gasteiger partial charge in [-0.05, 0) is 24.7 Å². The second-order valence-corrected chi connectivity index (χ2v) is 6.72. The molecule has 1 rings (SSSR count). The second-order valence-electron chi connectivity index (χ2n) is 6.72. The number of alkyl carbamates (subject to hydrolysis) is 1. The summed E-state index contributed by atoms with van der Waals surface area (Å²) in [6, 6.07) is -0.560. The Hall–Kier alpha value is -1.26. The smallest absolute Gasteiger partial charge is 0.407 e. The molecule has 2 amide bonds. The Morgan fingerprint density at radius 2 is 1.62 bits per heavy atom. The van der Waals surface area contributed by atoms with Crippen LogP contribution >= 0.6 is 0 Å². The standard InChI is InChI=1S/C16H30N2O3/c1-11(2)13(17-15(20)21-5)14(19)18-16(12(3)4)9-7-6-8-10-16/h11-13H,6-10H2,1-5H3,(H,17,20)(H,18,19)/t13-/m1/s1. The molecule has 122 valence electrons. The Labute approximate surface area is 128 Å². The Kier molecular flexibility index (Phi) is 6.49. The maximum atomic E-state index is 12.6. The summed E-state index contributed by atoms with van der Waals surface area (Å²) in [5, 5.41) is 5.87. The van der Waals surface area contributed by atoms with Gasteiger partial charge in [0.1, 0.15) is 6.04 Å². The monoisotopic (exact) mass is 298 g/mol. The first-order chi connectivity index (χ1) is 9.82. The third kappa shape index (κ3) is 4.61. The van der Waals surface area contributed by atoms with Crippen LogP contribution in [-0.4, -0.2) is 30.7 Å². The van der Waals surface area contributed by atoms with Gasteiger partial charge in [-0.15, -0.1) is 0 Å². The van der Waals surface area contributed by atoms with E-state index in [-0.39, 0.29) is 17.4 Å². The van der Waals surface area contributed by atoms with E-state index in [0.717, 1.165) is 25.7 Å². The summed E-state index contributed by atoms with van der Waals surface area (Å²) < 4.78 is 4.61. The average molecular weight is 298 g/mol. The highest BCUT2D eigenvalue weighted by Gasteiger charge is 2.38. The topological polar surface area (TPSA) is 67.4 Å². The summed E-state index contributed by atoms with van der Waals surface area (Å²) in [5.74, 6) is 0.288. The summed E-state index contributed by atoms with van der Waals surface area (Å²) in [7, 11) is 1.31. The zero-order chi connectivity index (χ0) is 16.0. The minimum atomic E-state index is -0.564. The summed E-state index contributed by atoms with van der Waals surface area (Å²) in [4.78, 5) is 24.1. The van der Waals surface area contributed by atoms with Crippen molar-refractivity contribution in [3.63, 3.8) is 0 Å². The van der Waals surface area contributed by atoms with E-state index in [9.17, 15) is 9.59 Å². The maximum absolute atomic E-state index is 12.6. The van der Waals surface area contributed by atoms with Crippen molar-refractivity contribution in [2.45, 2.75) is 71.4 Å². The number of nitrogens with one attached hydrogen (secondary N) is 2. The van der Waals surface area contributed by atoms with E-state index in [4.69, 9.17) is 0 Å². The lowest BCUT2D eigenvalue weighted by molar-refractivity contribution is -0.127. The predicted octanol–water partition coefficient (Wildman–Crippen LogP) is 2.84. The van der Waals surface area contributed by atoms with Crippen molar-refractivity contribution in [1.82, 2.24) is 10.6 Å². The number of methoxy groups -OCH3 is 1. The van der Waals surface area contributed by atoms with Gasteiger partial charge < -0.3 is 15.4 Å². The van der Waals surface area contributed by atoms with Crippen LogP contribution in [0.15, 0.2) is 0 Å². The van der Waals surface area contributed by atoms with Crippen molar-refractivity contribution in [2.24, 2.45) is 11.8 Å². The highest BCUT2D eigenvalue weighted by atomic mass is 16.5. The summed E-state index contributed by atoms with van der Waals surface area (Å²) in [5.41, 5.74) is -0.139. The molecule has 1 atom stereocenters. The molecule has 0 bridgehead atoms. The third-order valence-electron chi connectivity index (χ3n) is 4.63. The lowest BCUT2D eigenvalue weighted by Gasteiger charge is -2.42. The van der Waals surface area contributed by atoms with Crippen molar-refractivity contribution in [3.05, 3.63) is 0 Å². The first kappa shape index (κ1) is 17.8. The molecule has 0 radical (unpaired) electrons. The molecule has 0 unspecified atom stereocenters. The Balaban J connectivity index is 2.80. The first-order valence-electron chi connectivity index (χ1n) is 7.99. The molecule has 0 aromatic heterocycles. The van der Waals surface area contributed by atoms with Crippen LogP contribution in [-0.2, 0) is 9.53 Å². The Bertz CT molecular complexity index is 361. The third-order valence-corrected chi connectivity index (χ3v) is 4.63. The maximum Gasteiger partial charge on any atom is 0.407 e. The number of carbonyl (C=O) groups excluding carboxylic acids is 2. The van der Waals surface area contributed by atoms with Gasteiger partial charge in [0, 0.05) is 5.54 Å². The molecule has 0 heterocycles. The minimum Gasteiger partial charge on any atom is -0.453 e. The molecule has 1 fully saturated rings. The van der Waals surface area contributed by atoms with Gasteiger partial charge in [0.25, 0.3) is 0 Å². The van der Waals surface area contributed by atoms with Gasteiger partial charge in [-0.3, -0.25) is 4.79 Å². The van der Waals surface area contributed by atoms with Gasteiger partial charge in [0.15, 0.2) is 0 Å². The van der Waals surface area contributed by atoms with Crippen molar-refractivity contribution in [1.29, 1.82) is 0 Å². The van der Waals surface area contributed by atoms with Crippen molar-refractivity contribution in [3.8, 4) is 0 Å². The van der Waals surface area contributed by atoms with Gasteiger partial charge in [0.05, 0.1) is 7.11 Å². The van der Waals surface area contributed by atoms with Crippen LogP contribution in [0.25, 0.3) is 0 Å². The van der Waals surface area contributed by atoms with E-state index in [1.54, 1.807) is 0 Å². The first-order valence-corrected chi connectivity index (χ1v) is 7.99. The van der Waals surface area contributed by atoms with Crippen molar-refractivity contribution < 1.29 is 14.3 Å². The normalized spacial score (nSPS) is 19.2. The number of amides is 2. The molecule has 1 aliphatic carbocycles. The van der Waals surface area contributed by atoms with Gasteiger partial charge in [-0.1, -0.05) is 47.0 Å². The van der Waals surface area contributed by atoms with Crippen molar-refractivity contribution >= 4 is 12.0 Å². The molecular formula is C16H30N2O3. The summed E-state index contributed by atoms with van der Waals surface area (Å²) in [6.45, 7) is 8.15. The van der Waals surface area contributed by atoms with E-state index in [2.05, 4.69) is 29.2 Å². The van der Waals surface area contributed by atoms with E-state index in [1.165, 1.54) is 13.5 Å². The fraction of sp³-hybridized carbons (Fsp3) is 0.875. The van der Waals surface area contributed by atoms with E-state index >= 15 is 0 Å². The highest BCUT2D eigenvalue weighted by molar-refractivity contribution is 5.86. The Morgan fingerprint density at radius 3 is 2.05 bits per heavy atom. The van der Waals surface area contributed by atoms with E-state index in [0.29, 0.717) is 5.92 Å². The molecule has 1 aliphatic rings. The molecule has 0 aromatic rings. The molecule has 2 N–H and O–H groups in total. The number of carbonyl (C=O) groups is 2. The van der Waals surface area contributed by atoms with Crippen LogP contribution in [0.1, 0.15) is 59.8 Å². The van der Waals surface area contributed by atoms with Crippen LogP contribution < -0.4 is 10.6 Å². The van der Waals surface area contributed by atoms with Gasteiger partial charge in [0.2, 0.25) is 5.91 Å². The molecule has 0 saturated heterocycles. The molecule has 0 spiro atoms. The van der Waals surface area contributed by atoms with E-state index < -0.39 is 12.1 Å². The van der Waals surface area contributed by atoms with Crippen LogP contribution in [0, 0.1) is 11.8 Å². The summed E-state index contributed by atoms with van der Waals surface area (Å²) in [6.07, 6.45) is 4.99. The predicted molar refractivity (Wildman–Crippen MR) is 83.0 cm³/mol. The van der Waals surface area contributed by atoms with Crippen molar-refractivity contribution in [2.75, 3.05) is 7.11 Å². The number of hydrogen-bond acceptors (Lipinski definition) is 3. The molecule has 21 heavy (non-hydrogen) atoms. The van der Waals surface area contributed by atoms with Crippen LogP contribution in [0.4, 0.5) is 4.79 Å². The highest BCUT2D eigenvalue weighted by Crippen LogP contribution is 2.34. The lowest BCUT2D eigenvalue weighted by atomic mass is 9.74. The van der Waals surface area contributed by atoms with Crippen LogP contribution in [0.5, 0.6) is 0 Å². The quantitative estimate of drug-likeness (QED) is 0.820. The fourth-order valence-electron chi connectivity index (χ4n) is 3.07. The molecule has 5 heteroatoms. The molecule has 0 aromatic carbocycles. The SMILES string of the molecule is COC(=O)N[C@@H](C(=O)NC1(C(C)C)CCCCC1)C(C)C. The molecular weight excluding hydrogens is 268 g/mol. The second kappa shape index (κ2) is 7.66. The number of ether oxygens (including phenoxy) is 1. The zero-order valence-electron chi connectivity index (χ0n) is 14.0. The van der Waals surface area contributed by atoms with Crippen LogP contribution in [0.3, 0.4) is 0 Å². The number of rotatable bonds is 5. The Morgan fingerprint density at radius 1 is 1.05 bits per heavy atom. The minimum absolute atomic E-state index is 0.0110. The summed E-state index contributed by atoms with van der Waals surface area (Å²) >= 11 is 0. The average Bonchev–Trinajstić information content (AvgIpc) is 2.44. The lowest BCUT2D eigenvalue weighted by Crippen LogP contribution is -2.59. The number of hydrogen-bond donors (Lipinski definition) is 2.